The first-order valence-corrected chi connectivity index (χ1v) is 6.99. The van der Waals surface area contributed by atoms with E-state index in [1.165, 1.54) is 21.9 Å². The molecule has 0 saturated carbocycles. The summed E-state index contributed by atoms with van der Waals surface area (Å²) in [5.74, 6) is -0.0640. The summed E-state index contributed by atoms with van der Waals surface area (Å²) in [6, 6.07) is 5.57. The van der Waals surface area contributed by atoms with Gasteiger partial charge in [-0.25, -0.2) is 4.79 Å². The van der Waals surface area contributed by atoms with Gasteiger partial charge in [-0.1, -0.05) is 12.1 Å². The Bertz CT molecular complexity index is 653. The maximum Gasteiger partial charge on any atom is 0.322 e. The molecule has 116 valence electrons. The molecule has 1 atom stereocenters. The number of hydrogen-bond donors (Lipinski definition) is 3. The monoisotopic (exact) mass is 303 g/mol. The predicted octanol–water partition coefficient (Wildman–Crippen LogP) is 0.177. The molecule has 3 rings (SSSR count). The first-order valence-electron chi connectivity index (χ1n) is 6.99. The Hall–Kier alpha value is -2.54. The van der Waals surface area contributed by atoms with Crippen molar-refractivity contribution >= 4 is 11.9 Å². The number of hydrogen-bond acceptors (Lipinski definition) is 4. The van der Waals surface area contributed by atoms with Crippen LogP contribution < -0.4 is 5.32 Å². The van der Waals surface area contributed by atoms with Gasteiger partial charge in [0.1, 0.15) is 5.75 Å². The molecule has 3 amide bonds. The highest BCUT2D eigenvalue weighted by Gasteiger charge is 2.42. The second kappa shape index (κ2) is 5.34. The number of carbonyl (C=O) groups is 2. The zero-order chi connectivity index (χ0) is 15.9. The number of likely N-dealkylation sites (N-methyl/N-ethyl adjacent to an activating group) is 1. The van der Waals surface area contributed by atoms with Gasteiger partial charge < -0.3 is 20.4 Å². The van der Waals surface area contributed by atoms with E-state index < -0.39 is 6.04 Å². The van der Waals surface area contributed by atoms with Crippen LogP contribution in [0.4, 0.5) is 4.79 Å². The van der Waals surface area contributed by atoms with E-state index in [1.807, 2.05) is 0 Å². The second-order valence-corrected chi connectivity index (χ2v) is 5.34. The Morgan fingerprint density at radius 3 is 2.59 bits per heavy atom. The quantitative estimate of drug-likeness (QED) is 0.742. The maximum atomic E-state index is 12.6. The van der Waals surface area contributed by atoms with E-state index >= 15 is 0 Å². The molecule has 2 aliphatic rings. The number of aliphatic hydroxyl groups excluding tert-OH is 1. The summed E-state index contributed by atoms with van der Waals surface area (Å²) in [5, 5.41) is 21.3. The van der Waals surface area contributed by atoms with Crippen LogP contribution in [0.1, 0.15) is 11.6 Å². The Morgan fingerprint density at radius 1 is 1.27 bits per heavy atom. The largest absolute Gasteiger partial charge is 0.508 e. The molecule has 0 unspecified atom stereocenters. The number of rotatable bonds is 3. The number of phenols is 1. The van der Waals surface area contributed by atoms with Crippen molar-refractivity contribution in [3.05, 3.63) is 41.1 Å². The molecule has 0 aromatic heterocycles. The molecule has 0 saturated heterocycles. The number of amides is 3. The lowest BCUT2D eigenvalue weighted by molar-refractivity contribution is -0.126. The van der Waals surface area contributed by atoms with Crippen molar-refractivity contribution in [2.24, 2.45) is 0 Å². The summed E-state index contributed by atoms with van der Waals surface area (Å²) in [6.07, 6.45) is 0. The topological polar surface area (TPSA) is 93.1 Å². The average molecular weight is 303 g/mol. The first-order chi connectivity index (χ1) is 10.5. The number of β-amino-alcohol motifs (C(OH)–C–C–N with tert-alkyl or cyclic N) is 1. The Kier molecular flexibility index (Phi) is 3.50. The number of carbonyl (C=O) groups excluding carboxylic acids is 2. The standard InChI is InChI=1S/C15H17N3O4/c1-17-11-8-18(6-7-19)14(21)12(11)13(16-15(17)22)9-2-4-10(20)5-3-9/h2-5,13,19-20H,6-8H2,1H3,(H,16,22)/t13-/m0/s1. The summed E-state index contributed by atoms with van der Waals surface area (Å²) in [7, 11) is 1.62. The van der Waals surface area contributed by atoms with Crippen LogP contribution in [0.3, 0.4) is 0 Å². The highest BCUT2D eigenvalue weighted by molar-refractivity contribution is 6.01. The molecule has 0 fully saturated rings. The Morgan fingerprint density at radius 2 is 1.95 bits per heavy atom. The van der Waals surface area contributed by atoms with Gasteiger partial charge in [0, 0.05) is 13.6 Å². The second-order valence-electron chi connectivity index (χ2n) is 5.34. The molecule has 22 heavy (non-hydrogen) atoms. The summed E-state index contributed by atoms with van der Waals surface area (Å²) >= 11 is 0. The van der Waals surface area contributed by atoms with Crippen LogP contribution in [-0.4, -0.2) is 58.7 Å². The number of nitrogens with one attached hydrogen (secondary N) is 1. The van der Waals surface area contributed by atoms with Crippen molar-refractivity contribution in [1.82, 2.24) is 15.1 Å². The molecule has 2 aliphatic heterocycles. The van der Waals surface area contributed by atoms with Crippen LogP contribution >= 0.6 is 0 Å². The van der Waals surface area contributed by atoms with Crippen molar-refractivity contribution in [3.63, 3.8) is 0 Å². The lowest BCUT2D eigenvalue weighted by Crippen LogP contribution is -2.45. The van der Waals surface area contributed by atoms with Crippen molar-refractivity contribution in [2.75, 3.05) is 26.7 Å². The molecule has 0 aliphatic carbocycles. The van der Waals surface area contributed by atoms with Gasteiger partial charge in [0.25, 0.3) is 5.91 Å². The van der Waals surface area contributed by atoms with Crippen LogP contribution in [0, 0.1) is 0 Å². The van der Waals surface area contributed by atoms with Crippen LogP contribution in [0.2, 0.25) is 0 Å². The van der Waals surface area contributed by atoms with E-state index in [-0.39, 0.29) is 30.8 Å². The van der Waals surface area contributed by atoms with E-state index in [0.29, 0.717) is 17.8 Å². The molecule has 7 heteroatoms. The van der Waals surface area contributed by atoms with E-state index in [4.69, 9.17) is 5.11 Å². The number of urea groups is 1. The number of benzene rings is 1. The highest BCUT2D eigenvalue weighted by atomic mass is 16.3. The van der Waals surface area contributed by atoms with Crippen molar-refractivity contribution in [2.45, 2.75) is 6.04 Å². The lowest BCUT2D eigenvalue weighted by Gasteiger charge is -2.31. The van der Waals surface area contributed by atoms with Gasteiger partial charge in [-0.15, -0.1) is 0 Å². The van der Waals surface area contributed by atoms with Crippen molar-refractivity contribution in [3.8, 4) is 5.75 Å². The molecule has 1 aromatic carbocycles. The number of aliphatic hydroxyl groups is 1. The van der Waals surface area contributed by atoms with Crippen LogP contribution in [0.15, 0.2) is 35.5 Å². The fraction of sp³-hybridized carbons (Fsp3) is 0.333. The third kappa shape index (κ3) is 2.19. The third-order valence-electron chi connectivity index (χ3n) is 4.03. The number of aromatic hydroxyl groups is 1. The SMILES string of the molecule is CN1C(=O)N[C@@H](c2ccc(O)cc2)C2=C1CN(CCO)C2=O. The van der Waals surface area contributed by atoms with E-state index in [2.05, 4.69) is 5.32 Å². The van der Waals surface area contributed by atoms with Gasteiger partial charge in [0.2, 0.25) is 0 Å². The molecule has 3 N–H and O–H groups in total. The highest BCUT2D eigenvalue weighted by Crippen LogP contribution is 2.35. The minimum absolute atomic E-state index is 0.122. The lowest BCUT2D eigenvalue weighted by atomic mass is 9.96. The number of phenolic OH excluding ortho intramolecular Hbond substituents is 1. The minimum Gasteiger partial charge on any atom is -0.508 e. The van der Waals surface area contributed by atoms with Gasteiger partial charge in [0.05, 0.1) is 30.5 Å². The van der Waals surface area contributed by atoms with Gasteiger partial charge >= 0.3 is 6.03 Å². The van der Waals surface area contributed by atoms with Gasteiger partial charge in [-0.3, -0.25) is 9.69 Å². The number of nitrogens with zero attached hydrogens (tertiary/aromatic N) is 2. The fourth-order valence-corrected chi connectivity index (χ4v) is 2.84. The maximum absolute atomic E-state index is 12.6. The van der Waals surface area contributed by atoms with Gasteiger partial charge in [0.15, 0.2) is 0 Å². The van der Waals surface area contributed by atoms with E-state index in [1.54, 1.807) is 19.2 Å². The summed E-state index contributed by atoms with van der Waals surface area (Å²) < 4.78 is 0. The Labute approximate surface area is 127 Å². The van der Waals surface area contributed by atoms with Crippen LogP contribution in [-0.2, 0) is 4.79 Å². The summed E-state index contributed by atoms with van der Waals surface area (Å²) in [5.41, 5.74) is 1.90. The zero-order valence-corrected chi connectivity index (χ0v) is 12.1. The van der Waals surface area contributed by atoms with Crippen LogP contribution in [0.25, 0.3) is 0 Å². The van der Waals surface area contributed by atoms with Crippen molar-refractivity contribution in [1.29, 1.82) is 0 Å². The van der Waals surface area contributed by atoms with E-state index in [9.17, 15) is 14.7 Å². The molecular weight excluding hydrogens is 286 g/mol. The normalized spacial score (nSPS) is 21.3. The summed E-state index contributed by atoms with van der Waals surface area (Å²) in [6.45, 7) is 0.421. The van der Waals surface area contributed by atoms with Gasteiger partial charge in [-0.05, 0) is 17.7 Å². The minimum atomic E-state index is -0.546. The van der Waals surface area contributed by atoms with Gasteiger partial charge in [-0.2, -0.15) is 0 Å². The fourth-order valence-electron chi connectivity index (χ4n) is 2.84. The molecule has 7 nitrogen and oxygen atoms in total. The molecule has 1 aromatic rings. The molecule has 0 spiro atoms. The average Bonchev–Trinajstić information content (AvgIpc) is 2.82. The van der Waals surface area contributed by atoms with E-state index in [0.717, 1.165) is 5.56 Å². The predicted molar refractivity (Wildman–Crippen MR) is 77.8 cm³/mol. The zero-order valence-electron chi connectivity index (χ0n) is 12.1. The summed E-state index contributed by atoms with van der Waals surface area (Å²) in [4.78, 5) is 27.6. The smallest absolute Gasteiger partial charge is 0.322 e. The van der Waals surface area contributed by atoms with Crippen molar-refractivity contribution < 1.29 is 19.8 Å². The molecular formula is C15H17N3O4. The molecule has 0 bridgehead atoms. The third-order valence-corrected chi connectivity index (χ3v) is 4.03. The van der Waals surface area contributed by atoms with Crippen LogP contribution in [0.5, 0.6) is 5.75 Å². The molecule has 2 heterocycles. The first kappa shape index (κ1) is 14.4. The molecule has 0 radical (unpaired) electrons. The Balaban J connectivity index is 2.02.